The van der Waals surface area contributed by atoms with Crippen LogP contribution in [0.25, 0.3) is 16.7 Å². The second-order valence-corrected chi connectivity index (χ2v) is 10.5. The van der Waals surface area contributed by atoms with Crippen LogP contribution in [0.5, 0.6) is 0 Å². The largest absolute Gasteiger partial charge is 0.356 e. The molecule has 194 valence electrons. The van der Waals surface area contributed by atoms with Crippen molar-refractivity contribution in [3.05, 3.63) is 75.3 Å². The number of benzene rings is 2. The van der Waals surface area contributed by atoms with E-state index in [0.717, 1.165) is 43.1 Å². The normalized spacial score (nSPS) is 15.0. The van der Waals surface area contributed by atoms with Gasteiger partial charge in [0, 0.05) is 24.4 Å². The zero-order chi connectivity index (χ0) is 25.8. The van der Waals surface area contributed by atoms with E-state index in [0.29, 0.717) is 47.9 Å². The standard InChI is InChI=1S/C28H33ClN6O2/c1-20-13-17-33(18-14-20)16-4-15-30-26(36)12-11-25-31-32-28-34(19-21-7-9-22(29)10-8-21)27(37)23-5-2-3-6-24(23)35(25)28/h2-3,5-10,20H,4,11-19H2,1H3,(H,30,36). The van der Waals surface area contributed by atoms with Crippen LogP contribution in [0.15, 0.2) is 53.3 Å². The van der Waals surface area contributed by atoms with Crippen LogP contribution in [0.3, 0.4) is 0 Å². The molecule has 0 unspecified atom stereocenters. The lowest BCUT2D eigenvalue weighted by atomic mass is 9.99. The predicted octanol–water partition coefficient (Wildman–Crippen LogP) is 3.92. The van der Waals surface area contributed by atoms with Gasteiger partial charge in [0.2, 0.25) is 11.7 Å². The summed E-state index contributed by atoms with van der Waals surface area (Å²) in [6, 6.07) is 14.9. The van der Waals surface area contributed by atoms with Crippen molar-refractivity contribution in [1.29, 1.82) is 0 Å². The number of nitrogens with one attached hydrogen (secondary N) is 1. The number of amides is 1. The third-order valence-electron chi connectivity index (χ3n) is 7.25. The van der Waals surface area contributed by atoms with E-state index in [9.17, 15) is 9.59 Å². The molecular weight excluding hydrogens is 488 g/mol. The van der Waals surface area contributed by atoms with Crippen molar-refractivity contribution in [2.24, 2.45) is 5.92 Å². The number of carbonyl (C=O) groups is 1. The van der Waals surface area contributed by atoms with E-state index >= 15 is 0 Å². The predicted molar refractivity (Wildman–Crippen MR) is 146 cm³/mol. The first kappa shape index (κ1) is 25.4. The zero-order valence-corrected chi connectivity index (χ0v) is 22.0. The Morgan fingerprint density at radius 2 is 1.84 bits per heavy atom. The topological polar surface area (TPSA) is 84.5 Å². The molecule has 2 aromatic carbocycles. The molecule has 8 nitrogen and oxygen atoms in total. The van der Waals surface area contributed by atoms with Gasteiger partial charge in [-0.3, -0.25) is 18.6 Å². The molecule has 1 saturated heterocycles. The average Bonchev–Trinajstić information content (AvgIpc) is 3.34. The number of hydrogen-bond acceptors (Lipinski definition) is 5. The molecule has 37 heavy (non-hydrogen) atoms. The molecule has 0 aliphatic carbocycles. The molecule has 5 rings (SSSR count). The summed E-state index contributed by atoms with van der Waals surface area (Å²) in [7, 11) is 0. The molecule has 1 fully saturated rings. The number of hydrogen-bond donors (Lipinski definition) is 1. The van der Waals surface area contributed by atoms with E-state index in [-0.39, 0.29) is 11.5 Å². The summed E-state index contributed by atoms with van der Waals surface area (Å²) in [6.07, 6.45) is 4.23. The van der Waals surface area contributed by atoms with E-state index in [2.05, 4.69) is 27.3 Å². The SMILES string of the molecule is CC1CCN(CCCNC(=O)CCc2nnc3n(Cc4ccc(Cl)cc4)c(=O)c4ccccc4n23)CC1. The molecule has 4 aromatic rings. The minimum Gasteiger partial charge on any atom is -0.356 e. The maximum absolute atomic E-state index is 13.4. The summed E-state index contributed by atoms with van der Waals surface area (Å²) in [6.45, 7) is 6.68. The van der Waals surface area contributed by atoms with Crippen molar-refractivity contribution in [2.75, 3.05) is 26.2 Å². The Morgan fingerprint density at radius 1 is 1.08 bits per heavy atom. The second-order valence-electron chi connectivity index (χ2n) is 10.0. The Bertz CT molecular complexity index is 1440. The van der Waals surface area contributed by atoms with Crippen molar-refractivity contribution < 1.29 is 4.79 Å². The summed E-state index contributed by atoms with van der Waals surface area (Å²) < 4.78 is 3.53. The summed E-state index contributed by atoms with van der Waals surface area (Å²) >= 11 is 6.03. The van der Waals surface area contributed by atoms with Crippen molar-refractivity contribution in [2.45, 2.75) is 45.6 Å². The summed E-state index contributed by atoms with van der Waals surface area (Å²) in [5.41, 5.74) is 1.55. The van der Waals surface area contributed by atoms with Gasteiger partial charge in [0.15, 0.2) is 0 Å². The van der Waals surface area contributed by atoms with Gasteiger partial charge in [-0.25, -0.2) is 0 Å². The number of carbonyl (C=O) groups excluding carboxylic acids is 1. The fraction of sp³-hybridized carbons (Fsp3) is 0.429. The molecule has 3 heterocycles. The molecule has 1 aliphatic heterocycles. The molecule has 1 N–H and O–H groups in total. The van der Waals surface area contributed by atoms with Crippen molar-refractivity contribution >= 4 is 34.2 Å². The molecule has 1 aliphatic rings. The number of piperidine rings is 1. The van der Waals surface area contributed by atoms with Crippen LogP contribution in [0, 0.1) is 5.92 Å². The highest BCUT2D eigenvalue weighted by Crippen LogP contribution is 2.18. The van der Waals surface area contributed by atoms with E-state index < -0.39 is 0 Å². The van der Waals surface area contributed by atoms with Gasteiger partial charge in [0.1, 0.15) is 5.82 Å². The number of fused-ring (bicyclic) bond motifs is 3. The van der Waals surface area contributed by atoms with Gasteiger partial charge in [-0.2, -0.15) is 0 Å². The maximum Gasteiger partial charge on any atom is 0.263 e. The minimum atomic E-state index is -0.127. The molecule has 0 bridgehead atoms. The number of aromatic nitrogens is 4. The number of para-hydroxylation sites is 1. The second kappa shape index (κ2) is 11.4. The van der Waals surface area contributed by atoms with Crippen LogP contribution in [0.2, 0.25) is 5.02 Å². The highest BCUT2D eigenvalue weighted by molar-refractivity contribution is 6.30. The molecule has 0 atom stereocenters. The van der Waals surface area contributed by atoms with Crippen LogP contribution >= 0.6 is 11.6 Å². The molecule has 0 radical (unpaired) electrons. The van der Waals surface area contributed by atoms with Crippen LogP contribution in [-0.4, -0.2) is 56.2 Å². The third-order valence-corrected chi connectivity index (χ3v) is 7.51. The lowest BCUT2D eigenvalue weighted by Crippen LogP contribution is -2.35. The zero-order valence-electron chi connectivity index (χ0n) is 21.2. The van der Waals surface area contributed by atoms with Gasteiger partial charge < -0.3 is 10.2 Å². The van der Waals surface area contributed by atoms with E-state index in [1.165, 1.54) is 12.8 Å². The number of likely N-dealkylation sites (tertiary alicyclic amines) is 1. The summed E-state index contributed by atoms with van der Waals surface area (Å²) in [4.78, 5) is 28.4. The lowest BCUT2D eigenvalue weighted by molar-refractivity contribution is -0.121. The molecular formula is C28H33ClN6O2. The third kappa shape index (κ3) is 5.86. The van der Waals surface area contributed by atoms with Gasteiger partial charge in [0.25, 0.3) is 5.56 Å². The highest BCUT2D eigenvalue weighted by atomic mass is 35.5. The molecule has 0 saturated carbocycles. The van der Waals surface area contributed by atoms with Crippen molar-refractivity contribution in [3.8, 4) is 0 Å². The number of rotatable bonds is 9. The number of nitrogens with zero attached hydrogens (tertiary/aromatic N) is 5. The quantitative estimate of drug-likeness (QED) is 0.338. The first-order valence-electron chi connectivity index (χ1n) is 13.1. The lowest BCUT2D eigenvalue weighted by Gasteiger charge is -2.30. The Kier molecular flexibility index (Phi) is 7.86. The Hall–Kier alpha value is -3.23. The van der Waals surface area contributed by atoms with E-state index in [1.807, 2.05) is 40.8 Å². The first-order valence-corrected chi connectivity index (χ1v) is 13.5. The monoisotopic (exact) mass is 520 g/mol. The Labute approximate surface area is 221 Å². The maximum atomic E-state index is 13.4. The minimum absolute atomic E-state index is 0.00260. The molecule has 1 amide bonds. The van der Waals surface area contributed by atoms with Crippen LogP contribution in [-0.2, 0) is 17.8 Å². The Balaban J connectivity index is 1.28. The van der Waals surface area contributed by atoms with Crippen molar-refractivity contribution in [3.63, 3.8) is 0 Å². The van der Waals surface area contributed by atoms with Gasteiger partial charge in [-0.15, -0.1) is 10.2 Å². The van der Waals surface area contributed by atoms with Gasteiger partial charge in [-0.05, 0) is 74.6 Å². The average molecular weight is 521 g/mol. The van der Waals surface area contributed by atoms with Crippen LogP contribution < -0.4 is 10.9 Å². The van der Waals surface area contributed by atoms with E-state index in [4.69, 9.17) is 11.6 Å². The fourth-order valence-corrected chi connectivity index (χ4v) is 5.15. The van der Waals surface area contributed by atoms with Crippen LogP contribution in [0.4, 0.5) is 0 Å². The Morgan fingerprint density at radius 3 is 2.62 bits per heavy atom. The van der Waals surface area contributed by atoms with Crippen molar-refractivity contribution in [1.82, 2.24) is 29.4 Å². The van der Waals surface area contributed by atoms with Gasteiger partial charge in [0.05, 0.1) is 17.4 Å². The molecule has 9 heteroatoms. The van der Waals surface area contributed by atoms with Gasteiger partial charge >= 0.3 is 0 Å². The van der Waals surface area contributed by atoms with Crippen LogP contribution in [0.1, 0.15) is 44.0 Å². The van der Waals surface area contributed by atoms with E-state index in [1.54, 1.807) is 16.7 Å². The highest BCUT2D eigenvalue weighted by Gasteiger charge is 2.18. The van der Waals surface area contributed by atoms with Gasteiger partial charge in [-0.1, -0.05) is 42.8 Å². The summed E-state index contributed by atoms with van der Waals surface area (Å²) in [5, 5.41) is 13.0. The first-order chi connectivity index (χ1) is 18.0. The molecule has 2 aromatic heterocycles. The molecule has 0 spiro atoms. The number of halogens is 1. The number of aryl methyl sites for hydroxylation is 1. The fourth-order valence-electron chi connectivity index (χ4n) is 5.02. The smallest absolute Gasteiger partial charge is 0.263 e. The summed E-state index contributed by atoms with van der Waals surface area (Å²) in [5.74, 6) is 1.95.